The molecule has 0 amide bonds. The quantitative estimate of drug-likeness (QED) is 0.0506. The van der Waals surface area contributed by atoms with Crippen LogP contribution in [0.4, 0.5) is 0 Å². The minimum Gasteiger partial charge on any atom is -0.478 e. The molecule has 0 saturated heterocycles. The maximum atomic E-state index is 13.4. The molecule has 0 fully saturated rings. The molecular weight excluding hydrogens is 961 g/mol. The predicted octanol–water partition coefficient (Wildman–Crippen LogP) is 4.09. The number of carbonyl (C=O) groups is 12. The number of hydrogen-bond acceptors (Lipinski definition) is 20. The minimum absolute atomic E-state index is 0.00925. The molecule has 0 aliphatic rings. The second kappa shape index (κ2) is 27.9. The second-order valence-corrected chi connectivity index (χ2v) is 15.4. The Kier molecular flexibility index (Phi) is 22.9. The molecule has 2 rings (SSSR count). The third kappa shape index (κ3) is 18.9. The van der Waals surface area contributed by atoms with Crippen molar-refractivity contribution in [3.05, 3.63) is 118 Å². The maximum absolute atomic E-state index is 13.4. The Hall–Kier alpha value is -8.96. The van der Waals surface area contributed by atoms with Gasteiger partial charge in [-0.3, -0.25) is 9.59 Å². The van der Waals surface area contributed by atoms with Crippen LogP contribution in [-0.4, -0.2) is 143 Å². The fourth-order valence-electron chi connectivity index (χ4n) is 5.51. The van der Waals surface area contributed by atoms with Gasteiger partial charge in [-0.05, 0) is 64.1 Å². The number of carbonyl (C=O) groups excluding carboxylic acids is 8. The molecule has 0 saturated carbocycles. The van der Waals surface area contributed by atoms with E-state index in [9.17, 15) is 78.0 Å². The first-order chi connectivity index (χ1) is 33.6. The van der Waals surface area contributed by atoms with Crippen LogP contribution in [0.5, 0.6) is 0 Å². The normalized spacial score (nSPS) is 12.1. The van der Waals surface area contributed by atoms with Crippen LogP contribution >= 0.6 is 0 Å². The highest BCUT2D eigenvalue weighted by atomic mass is 16.6. The van der Waals surface area contributed by atoms with Gasteiger partial charge in [0, 0.05) is 35.1 Å². The van der Waals surface area contributed by atoms with Gasteiger partial charge < -0.3 is 58.3 Å². The summed E-state index contributed by atoms with van der Waals surface area (Å²) in [5.41, 5.74) is -4.31. The Bertz CT molecular complexity index is 2370. The molecule has 4 unspecified atom stereocenters. The van der Waals surface area contributed by atoms with E-state index in [1.807, 2.05) is 0 Å². The van der Waals surface area contributed by atoms with Crippen LogP contribution in [0.15, 0.2) is 85.0 Å². The summed E-state index contributed by atoms with van der Waals surface area (Å²) in [6, 6.07) is 4.84. The third-order valence-corrected chi connectivity index (χ3v) is 9.31. The van der Waals surface area contributed by atoms with E-state index >= 15 is 0 Å². The summed E-state index contributed by atoms with van der Waals surface area (Å²) in [7, 11) is 0. The van der Waals surface area contributed by atoms with Crippen molar-refractivity contribution in [3.63, 3.8) is 0 Å². The average Bonchev–Trinajstić information content (AvgIpc) is 3.31. The van der Waals surface area contributed by atoms with Crippen molar-refractivity contribution in [2.75, 3.05) is 26.4 Å². The van der Waals surface area contributed by atoms with E-state index in [-0.39, 0.29) is 22.3 Å². The van der Waals surface area contributed by atoms with Crippen LogP contribution in [0.3, 0.4) is 0 Å². The average molecular weight is 1010 g/mol. The highest BCUT2D eigenvalue weighted by Crippen LogP contribution is 2.21. The number of esters is 8. The first kappa shape index (κ1) is 59.2. The Morgan fingerprint density at radius 1 is 0.417 bits per heavy atom. The van der Waals surface area contributed by atoms with Crippen molar-refractivity contribution in [2.45, 2.75) is 77.8 Å². The SMILES string of the molecule is C=C(C)C(=O)OCCC(OC(=O)C(=C)C)C(COC(=O)CCC(=O)OCC(OC(=O)c1ccc(C(=O)O)c(C(=O)O)c1)C(CCOC(=O)C(=C)C)OC(=O)C(=C)C)OC(=O)c1ccc(C(=O)O)c(C(=O)O)c1. The van der Waals surface area contributed by atoms with Gasteiger partial charge in [0.1, 0.15) is 25.4 Å². The summed E-state index contributed by atoms with van der Waals surface area (Å²) in [6.45, 7) is 16.2. The topological polar surface area (TPSA) is 360 Å². The van der Waals surface area contributed by atoms with Gasteiger partial charge in [-0.25, -0.2) is 47.9 Å². The number of benzene rings is 2. The van der Waals surface area contributed by atoms with Gasteiger partial charge in [0.15, 0.2) is 12.2 Å². The van der Waals surface area contributed by atoms with Crippen molar-refractivity contribution < 1.29 is 116 Å². The van der Waals surface area contributed by atoms with Crippen molar-refractivity contribution in [3.8, 4) is 0 Å². The van der Waals surface area contributed by atoms with Gasteiger partial charge in [0.25, 0.3) is 0 Å². The molecule has 0 bridgehead atoms. The molecule has 0 aliphatic heterocycles. The van der Waals surface area contributed by atoms with E-state index in [4.69, 9.17) is 37.9 Å². The van der Waals surface area contributed by atoms with Gasteiger partial charge in [-0.1, -0.05) is 26.3 Å². The fraction of sp³-hybridized carbons (Fsp3) is 0.333. The summed E-state index contributed by atoms with van der Waals surface area (Å²) in [6.07, 6.45) is -9.14. The molecule has 4 atom stereocenters. The number of carboxylic acid groups (broad SMARTS) is 4. The van der Waals surface area contributed by atoms with Gasteiger partial charge >= 0.3 is 71.6 Å². The lowest BCUT2D eigenvalue weighted by Gasteiger charge is -2.27. The predicted molar refractivity (Wildman–Crippen MR) is 240 cm³/mol. The van der Waals surface area contributed by atoms with E-state index in [0.717, 1.165) is 24.3 Å². The van der Waals surface area contributed by atoms with E-state index in [0.29, 0.717) is 12.1 Å². The first-order valence-corrected chi connectivity index (χ1v) is 21.0. The number of rotatable bonds is 29. The monoisotopic (exact) mass is 1010 g/mol. The molecule has 0 radical (unpaired) electrons. The standard InChI is InChI=1S/C48H50O24/c1-23(2)43(59)65-17-15-33(69-45(61)25(5)6)35(71-47(63)27-9-11-29(39(51)52)31(19-27)41(55)56)21-67-37(49)13-14-38(50)68-22-36(34(70-46(62)26(7)8)16-18-66-44(60)24(3)4)72-48(64)28-10-12-30(40(53)54)32(20-28)42(57)58/h9-12,19-20,33-36H,1,3,5,7,13-18,21-22H2,2,4,6,8H3,(H,51,52)(H,53,54)(H,55,56)(H,57,58). The van der Waals surface area contributed by atoms with E-state index in [2.05, 4.69) is 26.3 Å². The molecule has 0 aliphatic carbocycles. The molecule has 0 heterocycles. The summed E-state index contributed by atoms with van der Waals surface area (Å²) >= 11 is 0. The Labute approximate surface area is 409 Å². The van der Waals surface area contributed by atoms with Crippen LogP contribution in [0.2, 0.25) is 0 Å². The van der Waals surface area contributed by atoms with Crippen molar-refractivity contribution >= 4 is 71.6 Å². The fourth-order valence-corrected chi connectivity index (χ4v) is 5.51. The van der Waals surface area contributed by atoms with Gasteiger partial charge in [0.05, 0.1) is 59.4 Å². The lowest BCUT2D eigenvalue weighted by Crippen LogP contribution is -2.40. The molecule has 24 nitrogen and oxygen atoms in total. The Morgan fingerprint density at radius 3 is 1.00 bits per heavy atom. The van der Waals surface area contributed by atoms with Gasteiger partial charge in [-0.15, -0.1) is 0 Å². The minimum atomic E-state index is -1.77. The smallest absolute Gasteiger partial charge is 0.338 e. The Balaban J connectivity index is 2.43. The molecule has 4 N–H and O–H groups in total. The number of hydrogen-bond donors (Lipinski definition) is 4. The van der Waals surface area contributed by atoms with Crippen molar-refractivity contribution in [2.24, 2.45) is 0 Å². The summed E-state index contributed by atoms with van der Waals surface area (Å²) in [4.78, 5) is 149. The van der Waals surface area contributed by atoms with Crippen LogP contribution in [0.25, 0.3) is 0 Å². The summed E-state index contributed by atoms with van der Waals surface area (Å²) < 4.78 is 42.5. The third-order valence-electron chi connectivity index (χ3n) is 9.31. The zero-order valence-electron chi connectivity index (χ0n) is 39.2. The van der Waals surface area contributed by atoms with E-state index in [1.165, 1.54) is 27.7 Å². The van der Waals surface area contributed by atoms with Gasteiger partial charge in [0.2, 0.25) is 0 Å². The van der Waals surface area contributed by atoms with Crippen LogP contribution in [-0.2, 0) is 66.7 Å². The highest BCUT2D eigenvalue weighted by Gasteiger charge is 2.34. The van der Waals surface area contributed by atoms with Gasteiger partial charge in [-0.2, -0.15) is 0 Å². The zero-order valence-corrected chi connectivity index (χ0v) is 39.2. The van der Waals surface area contributed by atoms with Crippen molar-refractivity contribution in [1.29, 1.82) is 0 Å². The number of aromatic carboxylic acids is 4. The van der Waals surface area contributed by atoms with Crippen LogP contribution in [0, 0.1) is 0 Å². The summed E-state index contributed by atoms with van der Waals surface area (Å²) in [5, 5.41) is 37.9. The lowest BCUT2D eigenvalue weighted by atomic mass is 10.0. The molecule has 386 valence electrons. The molecule has 2 aromatic carbocycles. The second-order valence-electron chi connectivity index (χ2n) is 15.4. The maximum Gasteiger partial charge on any atom is 0.338 e. The molecule has 0 aromatic heterocycles. The van der Waals surface area contributed by atoms with E-state index in [1.54, 1.807) is 0 Å². The number of ether oxygens (including phenoxy) is 8. The molecule has 2 aromatic rings. The molecule has 24 heteroatoms. The molecule has 0 spiro atoms. The lowest BCUT2D eigenvalue weighted by molar-refractivity contribution is -0.164. The first-order valence-electron chi connectivity index (χ1n) is 21.0. The summed E-state index contributed by atoms with van der Waals surface area (Å²) in [5.74, 6) is -15.5. The van der Waals surface area contributed by atoms with Crippen LogP contribution in [0.1, 0.15) is 116 Å². The van der Waals surface area contributed by atoms with Crippen molar-refractivity contribution in [1.82, 2.24) is 0 Å². The largest absolute Gasteiger partial charge is 0.478 e. The Morgan fingerprint density at radius 2 is 0.722 bits per heavy atom. The molecular formula is C48H50O24. The highest BCUT2D eigenvalue weighted by molar-refractivity contribution is 6.05. The molecule has 72 heavy (non-hydrogen) atoms. The van der Waals surface area contributed by atoms with E-state index < -0.39 is 182 Å². The zero-order chi connectivity index (χ0) is 54.6. The number of carboxylic acids is 4. The van der Waals surface area contributed by atoms with Crippen LogP contribution < -0.4 is 0 Å².